The summed E-state index contributed by atoms with van der Waals surface area (Å²) in [6.07, 6.45) is 2.27. The van der Waals surface area contributed by atoms with Crippen molar-refractivity contribution in [3.63, 3.8) is 0 Å². The van der Waals surface area contributed by atoms with Crippen LogP contribution in [-0.2, 0) is 9.53 Å². The van der Waals surface area contributed by atoms with Crippen molar-refractivity contribution >= 4 is 34.2 Å². The normalized spacial score (nSPS) is 13.4. The number of rotatable bonds is 6. The number of nitrogens with zero attached hydrogens (tertiary/aromatic N) is 4. The molecule has 3 aromatic rings. The Labute approximate surface area is 175 Å². The van der Waals surface area contributed by atoms with Gasteiger partial charge in [-0.05, 0) is 43.4 Å². The van der Waals surface area contributed by atoms with Crippen LogP contribution in [0, 0.1) is 0 Å². The van der Waals surface area contributed by atoms with Crippen LogP contribution in [0.1, 0.15) is 30.3 Å². The number of carbonyl (C=O) groups is 2. The van der Waals surface area contributed by atoms with Gasteiger partial charge in [-0.15, -0.1) is 10.2 Å². The van der Waals surface area contributed by atoms with E-state index in [0.717, 1.165) is 48.2 Å². The van der Waals surface area contributed by atoms with Gasteiger partial charge < -0.3 is 14.5 Å². The number of fused-ring (bicyclic) bond motifs is 1. The van der Waals surface area contributed by atoms with E-state index >= 15 is 0 Å². The van der Waals surface area contributed by atoms with Crippen molar-refractivity contribution in [1.29, 1.82) is 0 Å². The topological polar surface area (TPSA) is 75.6 Å². The number of ether oxygens (including phenoxy) is 1. The Morgan fingerprint density at radius 2 is 1.77 bits per heavy atom. The summed E-state index contributed by atoms with van der Waals surface area (Å²) in [5, 5.41) is 10.1. The minimum atomic E-state index is -0.655. The Bertz CT molecular complexity index is 1040. The summed E-state index contributed by atoms with van der Waals surface area (Å²) < 4.78 is 5.23. The van der Waals surface area contributed by atoms with E-state index in [-0.39, 0.29) is 18.2 Å². The molecule has 0 atom stereocenters. The third-order valence-corrected chi connectivity index (χ3v) is 5.29. The zero-order valence-electron chi connectivity index (χ0n) is 17.0. The summed E-state index contributed by atoms with van der Waals surface area (Å²) in [7, 11) is 0. The minimum absolute atomic E-state index is 0.0963. The molecule has 1 aromatic heterocycles. The van der Waals surface area contributed by atoms with E-state index in [4.69, 9.17) is 4.74 Å². The molecule has 0 unspecified atom stereocenters. The van der Waals surface area contributed by atoms with Gasteiger partial charge in [0.15, 0.2) is 18.1 Å². The summed E-state index contributed by atoms with van der Waals surface area (Å²) in [5.41, 5.74) is 0.894. The fourth-order valence-corrected chi connectivity index (χ4v) is 3.75. The molecule has 7 nitrogen and oxygen atoms in total. The van der Waals surface area contributed by atoms with E-state index in [2.05, 4.69) is 15.1 Å². The number of hydrogen-bond donors (Lipinski definition) is 0. The maximum atomic E-state index is 12.8. The van der Waals surface area contributed by atoms with Gasteiger partial charge in [0.25, 0.3) is 5.91 Å². The van der Waals surface area contributed by atoms with E-state index in [0.29, 0.717) is 6.54 Å². The molecule has 1 aliphatic rings. The van der Waals surface area contributed by atoms with Gasteiger partial charge in [-0.1, -0.05) is 36.4 Å². The van der Waals surface area contributed by atoms with Crippen LogP contribution in [0.25, 0.3) is 10.8 Å². The molecule has 1 saturated heterocycles. The van der Waals surface area contributed by atoms with Gasteiger partial charge >= 0.3 is 5.97 Å². The lowest BCUT2D eigenvalue weighted by atomic mass is 10.1. The average Bonchev–Trinajstić information content (AvgIpc) is 3.33. The van der Waals surface area contributed by atoms with E-state index in [1.165, 1.54) is 0 Å². The van der Waals surface area contributed by atoms with Crippen LogP contribution in [-0.4, -0.2) is 48.3 Å². The van der Waals surface area contributed by atoms with E-state index in [1.54, 1.807) is 17.0 Å². The predicted molar refractivity (Wildman–Crippen MR) is 116 cm³/mol. The predicted octanol–water partition coefficient (Wildman–Crippen LogP) is 3.44. The largest absolute Gasteiger partial charge is 0.451 e. The number of benzene rings is 2. The maximum Gasteiger partial charge on any atom is 0.359 e. The van der Waals surface area contributed by atoms with Crippen molar-refractivity contribution in [3.8, 4) is 0 Å². The maximum absolute atomic E-state index is 12.8. The summed E-state index contributed by atoms with van der Waals surface area (Å²) in [4.78, 5) is 28.9. The number of anilines is 2. The zero-order chi connectivity index (χ0) is 20.9. The first-order valence-corrected chi connectivity index (χ1v) is 10.2. The number of carbonyl (C=O) groups excluding carboxylic acids is 2. The number of esters is 1. The monoisotopic (exact) mass is 404 g/mol. The van der Waals surface area contributed by atoms with Crippen LogP contribution in [0.3, 0.4) is 0 Å². The second-order valence-electron chi connectivity index (χ2n) is 7.18. The van der Waals surface area contributed by atoms with Crippen molar-refractivity contribution in [3.05, 3.63) is 60.3 Å². The molecule has 4 rings (SSSR count). The van der Waals surface area contributed by atoms with Crippen molar-refractivity contribution < 1.29 is 14.3 Å². The molecule has 0 N–H and O–H groups in total. The highest BCUT2D eigenvalue weighted by Gasteiger charge is 2.20. The Morgan fingerprint density at radius 3 is 2.50 bits per heavy atom. The van der Waals surface area contributed by atoms with Crippen LogP contribution >= 0.6 is 0 Å². The Hall–Kier alpha value is -3.48. The second kappa shape index (κ2) is 8.90. The molecule has 30 heavy (non-hydrogen) atoms. The van der Waals surface area contributed by atoms with E-state index in [1.807, 2.05) is 49.4 Å². The minimum Gasteiger partial charge on any atom is -0.451 e. The first kappa shape index (κ1) is 19.8. The third kappa shape index (κ3) is 4.10. The van der Waals surface area contributed by atoms with Crippen molar-refractivity contribution in [2.45, 2.75) is 19.8 Å². The van der Waals surface area contributed by atoms with Crippen molar-refractivity contribution in [2.75, 3.05) is 36.0 Å². The molecule has 154 valence electrons. The van der Waals surface area contributed by atoms with Crippen LogP contribution < -0.4 is 9.80 Å². The third-order valence-electron chi connectivity index (χ3n) is 5.29. The van der Waals surface area contributed by atoms with Gasteiger partial charge in [-0.2, -0.15) is 0 Å². The van der Waals surface area contributed by atoms with Gasteiger partial charge in [-0.3, -0.25) is 4.79 Å². The Balaban J connectivity index is 1.42. The summed E-state index contributed by atoms with van der Waals surface area (Å²) in [6.45, 7) is 3.91. The molecular formula is C23H24N4O3. The quantitative estimate of drug-likeness (QED) is 0.586. The number of amides is 1. The van der Waals surface area contributed by atoms with Crippen LogP contribution in [0.4, 0.5) is 11.5 Å². The lowest BCUT2D eigenvalue weighted by molar-refractivity contribution is -0.121. The highest BCUT2D eigenvalue weighted by molar-refractivity contribution is 6.04. The molecule has 1 aliphatic heterocycles. The van der Waals surface area contributed by atoms with E-state index < -0.39 is 5.97 Å². The molecule has 0 spiro atoms. The second-order valence-corrected chi connectivity index (χ2v) is 7.18. The highest BCUT2D eigenvalue weighted by Crippen LogP contribution is 2.26. The Kier molecular flexibility index (Phi) is 5.88. The molecule has 0 aliphatic carbocycles. The fourth-order valence-electron chi connectivity index (χ4n) is 3.75. The smallest absolute Gasteiger partial charge is 0.359 e. The summed E-state index contributed by atoms with van der Waals surface area (Å²) in [6, 6.07) is 17.1. The fraction of sp³-hybridized carbons (Fsp3) is 0.304. The molecule has 7 heteroatoms. The zero-order valence-corrected chi connectivity index (χ0v) is 17.0. The number of likely N-dealkylation sites (N-methyl/N-ethyl adjacent to an activating group) is 1. The first-order chi connectivity index (χ1) is 14.7. The molecule has 0 radical (unpaired) electrons. The van der Waals surface area contributed by atoms with Gasteiger partial charge in [0.2, 0.25) is 0 Å². The van der Waals surface area contributed by atoms with E-state index in [9.17, 15) is 9.59 Å². The van der Waals surface area contributed by atoms with Crippen LogP contribution in [0.2, 0.25) is 0 Å². The van der Waals surface area contributed by atoms with Gasteiger partial charge in [-0.25, -0.2) is 4.79 Å². The standard InChI is InChI=1S/C23H24N4O3/c1-2-27(20-11-7-9-17-8-3-4-10-18(17)20)22(28)16-30-23(29)19-12-13-21(25-24-19)26-14-5-6-15-26/h3-4,7-13H,2,5-6,14-16H2,1H3. The lowest BCUT2D eigenvalue weighted by Crippen LogP contribution is -2.34. The molecule has 1 fully saturated rings. The summed E-state index contributed by atoms with van der Waals surface area (Å²) >= 11 is 0. The number of hydrogen-bond acceptors (Lipinski definition) is 6. The SMILES string of the molecule is CCN(C(=O)COC(=O)c1ccc(N2CCCC2)nn1)c1cccc2ccccc12. The van der Waals surface area contributed by atoms with Crippen LogP contribution in [0.15, 0.2) is 54.6 Å². The molecule has 2 aromatic carbocycles. The first-order valence-electron chi connectivity index (χ1n) is 10.2. The molecule has 1 amide bonds. The Morgan fingerprint density at radius 1 is 1.00 bits per heavy atom. The van der Waals surface area contributed by atoms with Crippen molar-refractivity contribution in [1.82, 2.24) is 10.2 Å². The van der Waals surface area contributed by atoms with Crippen LogP contribution in [0.5, 0.6) is 0 Å². The highest BCUT2D eigenvalue weighted by atomic mass is 16.5. The lowest BCUT2D eigenvalue weighted by Gasteiger charge is -2.22. The molecule has 0 bridgehead atoms. The number of aromatic nitrogens is 2. The molecule has 2 heterocycles. The van der Waals surface area contributed by atoms with Gasteiger partial charge in [0, 0.05) is 25.0 Å². The molecule has 0 saturated carbocycles. The summed E-state index contributed by atoms with van der Waals surface area (Å²) in [5.74, 6) is -0.185. The van der Waals surface area contributed by atoms with Gasteiger partial charge in [0.1, 0.15) is 0 Å². The van der Waals surface area contributed by atoms with Gasteiger partial charge in [0.05, 0.1) is 5.69 Å². The molecular weight excluding hydrogens is 380 g/mol. The van der Waals surface area contributed by atoms with Crippen molar-refractivity contribution in [2.24, 2.45) is 0 Å². The average molecular weight is 404 g/mol.